The maximum atomic E-state index is 13.3. The van der Waals surface area contributed by atoms with Crippen molar-refractivity contribution in [1.29, 1.82) is 0 Å². The first-order valence-corrected chi connectivity index (χ1v) is 9.30. The first-order valence-electron chi connectivity index (χ1n) is 9.30. The predicted molar refractivity (Wildman–Crippen MR) is 96.7 cm³/mol. The molecular formula is C20H26N2O3. The third kappa shape index (κ3) is 3.18. The van der Waals surface area contributed by atoms with Gasteiger partial charge in [-0.2, -0.15) is 0 Å². The zero-order chi connectivity index (χ0) is 17.2. The molecule has 0 radical (unpaired) electrons. The lowest BCUT2D eigenvalue weighted by molar-refractivity contribution is 0.0673. The fourth-order valence-electron chi connectivity index (χ4n) is 4.25. The quantitative estimate of drug-likeness (QED) is 0.836. The van der Waals surface area contributed by atoms with Crippen molar-refractivity contribution in [1.82, 2.24) is 9.80 Å². The summed E-state index contributed by atoms with van der Waals surface area (Å²) in [6, 6.07) is 8.11. The zero-order valence-corrected chi connectivity index (χ0v) is 14.9. The number of carbonyl (C=O) groups is 1. The van der Waals surface area contributed by atoms with Gasteiger partial charge in [0.1, 0.15) is 5.58 Å². The van der Waals surface area contributed by atoms with E-state index in [1.807, 2.05) is 29.2 Å². The Hall–Kier alpha value is -1.85. The van der Waals surface area contributed by atoms with Gasteiger partial charge in [-0.15, -0.1) is 0 Å². The van der Waals surface area contributed by atoms with E-state index in [0.29, 0.717) is 18.4 Å². The Morgan fingerprint density at radius 2 is 2.00 bits per heavy atom. The third-order valence-corrected chi connectivity index (χ3v) is 5.49. The van der Waals surface area contributed by atoms with E-state index in [4.69, 9.17) is 9.15 Å². The van der Waals surface area contributed by atoms with Crippen LogP contribution in [0.2, 0.25) is 0 Å². The first kappa shape index (κ1) is 16.6. The largest absolute Gasteiger partial charge is 0.451 e. The molecule has 134 valence electrons. The number of fused-ring (bicyclic) bond motifs is 1. The van der Waals surface area contributed by atoms with E-state index in [1.54, 1.807) is 7.11 Å². The summed E-state index contributed by atoms with van der Waals surface area (Å²) in [5.41, 5.74) is 1.63. The smallest absolute Gasteiger partial charge is 0.290 e. The Kier molecular flexibility index (Phi) is 4.77. The molecule has 2 aliphatic heterocycles. The van der Waals surface area contributed by atoms with E-state index in [2.05, 4.69) is 4.90 Å². The van der Waals surface area contributed by atoms with Gasteiger partial charge in [-0.25, -0.2) is 0 Å². The van der Waals surface area contributed by atoms with Crippen LogP contribution >= 0.6 is 0 Å². The van der Waals surface area contributed by atoms with Crippen molar-refractivity contribution < 1.29 is 13.9 Å². The minimum absolute atomic E-state index is 0.0185. The maximum Gasteiger partial charge on any atom is 0.290 e. The Labute approximate surface area is 148 Å². The molecule has 1 atom stereocenters. The van der Waals surface area contributed by atoms with Crippen LogP contribution in [0.3, 0.4) is 0 Å². The lowest BCUT2D eigenvalue weighted by atomic mass is 10.1. The summed E-state index contributed by atoms with van der Waals surface area (Å²) in [7, 11) is 1.65. The van der Waals surface area contributed by atoms with Crippen LogP contribution in [0, 0.1) is 0 Å². The van der Waals surface area contributed by atoms with Gasteiger partial charge in [-0.05, 0) is 44.8 Å². The molecule has 5 heteroatoms. The van der Waals surface area contributed by atoms with Gasteiger partial charge < -0.3 is 19.0 Å². The Balaban J connectivity index is 1.60. The van der Waals surface area contributed by atoms with Crippen molar-refractivity contribution in [2.45, 2.75) is 38.3 Å². The van der Waals surface area contributed by atoms with Crippen molar-refractivity contribution in [2.75, 3.05) is 33.3 Å². The van der Waals surface area contributed by atoms with Crippen molar-refractivity contribution in [3.05, 3.63) is 35.6 Å². The molecule has 25 heavy (non-hydrogen) atoms. The summed E-state index contributed by atoms with van der Waals surface area (Å²) in [6.07, 6.45) is 4.72. The Morgan fingerprint density at radius 1 is 1.20 bits per heavy atom. The van der Waals surface area contributed by atoms with Gasteiger partial charge in [0.25, 0.3) is 5.91 Å². The molecule has 1 unspecified atom stereocenters. The van der Waals surface area contributed by atoms with Gasteiger partial charge in [0.2, 0.25) is 0 Å². The van der Waals surface area contributed by atoms with Gasteiger partial charge in [0.15, 0.2) is 5.76 Å². The SMILES string of the molecule is COCc1c(C(=O)N2CCCC2CN2CCCC2)oc2ccccc12. The highest BCUT2D eigenvalue weighted by molar-refractivity contribution is 5.99. The molecule has 1 aromatic carbocycles. The number of benzene rings is 1. The number of furan rings is 1. The van der Waals surface area contributed by atoms with E-state index >= 15 is 0 Å². The molecule has 0 bridgehead atoms. The van der Waals surface area contributed by atoms with E-state index in [9.17, 15) is 4.79 Å². The number of likely N-dealkylation sites (tertiary alicyclic amines) is 2. The highest BCUT2D eigenvalue weighted by atomic mass is 16.5. The molecule has 4 rings (SSSR count). The summed E-state index contributed by atoms with van der Waals surface area (Å²) >= 11 is 0. The number of rotatable bonds is 5. The molecule has 1 aromatic heterocycles. The predicted octanol–water partition coefficient (Wildman–Crippen LogP) is 3.28. The molecule has 0 spiro atoms. The molecule has 0 saturated carbocycles. The number of amides is 1. The minimum atomic E-state index is 0.0185. The van der Waals surface area contributed by atoms with Crippen molar-refractivity contribution in [3.8, 4) is 0 Å². The van der Waals surface area contributed by atoms with Gasteiger partial charge in [0.05, 0.1) is 6.61 Å². The summed E-state index contributed by atoms with van der Waals surface area (Å²) in [6.45, 7) is 4.53. The van der Waals surface area contributed by atoms with Crippen LogP contribution in [-0.4, -0.2) is 55.0 Å². The third-order valence-electron chi connectivity index (χ3n) is 5.49. The second-order valence-electron chi connectivity index (χ2n) is 7.14. The summed E-state index contributed by atoms with van der Waals surface area (Å²) < 4.78 is 11.3. The van der Waals surface area contributed by atoms with Crippen LogP contribution in [-0.2, 0) is 11.3 Å². The normalized spacial score (nSPS) is 21.5. The highest BCUT2D eigenvalue weighted by Gasteiger charge is 2.34. The molecule has 1 amide bonds. The molecule has 0 N–H and O–H groups in total. The zero-order valence-electron chi connectivity index (χ0n) is 14.9. The fraction of sp³-hybridized carbons (Fsp3) is 0.550. The van der Waals surface area contributed by atoms with E-state index < -0.39 is 0 Å². The molecule has 3 heterocycles. The molecular weight excluding hydrogens is 316 g/mol. The lowest BCUT2D eigenvalue weighted by Gasteiger charge is -2.28. The van der Waals surface area contributed by atoms with Crippen molar-refractivity contribution in [2.24, 2.45) is 0 Å². The second kappa shape index (κ2) is 7.18. The Morgan fingerprint density at radius 3 is 2.80 bits per heavy atom. The average Bonchev–Trinajstić information content (AvgIpc) is 3.36. The van der Waals surface area contributed by atoms with Crippen LogP contribution in [0.1, 0.15) is 41.8 Å². The second-order valence-corrected chi connectivity index (χ2v) is 7.14. The maximum absolute atomic E-state index is 13.3. The molecule has 2 aromatic rings. The molecule has 2 fully saturated rings. The van der Waals surface area contributed by atoms with Gasteiger partial charge in [-0.1, -0.05) is 18.2 Å². The number of hydrogen-bond donors (Lipinski definition) is 0. The molecule has 2 saturated heterocycles. The van der Waals surface area contributed by atoms with Crippen LogP contribution in [0.5, 0.6) is 0 Å². The van der Waals surface area contributed by atoms with Crippen molar-refractivity contribution in [3.63, 3.8) is 0 Å². The standard InChI is InChI=1S/C20H26N2O3/c1-24-14-17-16-8-2-3-9-18(16)25-19(17)20(23)22-12-6-7-15(22)13-21-10-4-5-11-21/h2-3,8-9,15H,4-7,10-14H2,1H3. The molecule has 5 nitrogen and oxygen atoms in total. The van der Waals surface area contributed by atoms with Crippen LogP contribution in [0.15, 0.2) is 28.7 Å². The van der Waals surface area contributed by atoms with Crippen LogP contribution < -0.4 is 0 Å². The number of nitrogens with zero attached hydrogens (tertiary/aromatic N) is 2. The molecule has 2 aliphatic rings. The Bertz CT molecular complexity index is 748. The first-order chi connectivity index (χ1) is 12.3. The topological polar surface area (TPSA) is 45.9 Å². The van der Waals surface area contributed by atoms with E-state index in [1.165, 1.54) is 12.8 Å². The van der Waals surface area contributed by atoms with E-state index in [-0.39, 0.29) is 5.91 Å². The van der Waals surface area contributed by atoms with E-state index in [0.717, 1.165) is 55.6 Å². The van der Waals surface area contributed by atoms with Crippen LogP contribution in [0.4, 0.5) is 0 Å². The average molecular weight is 342 g/mol. The highest BCUT2D eigenvalue weighted by Crippen LogP contribution is 2.30. The number of carbonyl (C=O) groups excluding carboxylic acids is 1. The van der Waals surface area contributed by atoms with Crippen molar-refractivity contribution >= 4 is 16.9 Å². The summed E-state index contributed by atoms with van der Waals surface area (Å²) in [5, 5.41) is 0.975. The number of hydrogen-bond acceptors (Lipinski definition) is 4. The van der Waals surface area contributed by atoms with Crippen LogP contribution in [0.25, 0.3) is 11.0 Å². The lowest BCUT2D eigenvalue weighted by Crippen LogP contribution is -2.42. The van der Waals surface area contributed by atoms with Gasteiger partial charge in [0, 0.05) is 37.2 Å². The summed E-state index contributed by atoms with van der Waals surface area (Å²) in [4.78, 5) is 17.8. The van der Waals surface area contributed by atoms with Gasteiger partial charge in [-0.3, -0.25) is 4.79 Å². The van der Waals surface area contributed by atoms with Gasteiger partial charge >= 0.3 is 0 Å². The number of ether oxygens (including phenoxy) is 1. The minimum Gasteiger partial charge on any atom is -0.451 e. The molecule has 0 aliphatic carbocycles. The monoisotopic (exact) mass is 342 g/mol. The fourth-order valence-corrected chi connectivity index (χ4v) is 4.25. The number of para-hydroxylation sites is 1. The number of methoxy groups -OCH3 is 1. The summed E-state index contributed by atoms with van der Waals surface area (Å²) in [5.74, 6) is 0.473.